The van der Waals surface area contributed by atoms with E-state index < -0.39 is 6.10 Å². The van der Waals surface area contributed by atoms with E-state index in [1.54, 1.807) is 0 Å². The number of benzene rings is 1. The molecule has 4 rings (SSSR count). The van der Waals surface area contributed by atoms with Crippen LogP contribution in [0.2, 0.25) is 0 Å². The summed E-state index contributed by atoms with van der Waals surface area (Å²) in [5.74, 6) is 0. The first-order valence-corrected chi connectivity index (χ1v) is 9.08. The molecule has 1 spiro atoms. The van der Waals surface area contributed by atoms with Gasteiger partial charge in [-0.1, -0.05) is 30.7 Å². The van der Waals surface area contributed by atoms with E-state index in [1.807, 2.05) is 31.2 Å². The Labute approximate surface area is 142 Å². The summed E-state index contributed by atoms with van der Waals surface area (Å²) in [7, 11) is 0. The van der Waals surface area contributed by atoms with Crippen molar-refractivity contribution in [2.75, 3.05) is 6.61 Å². The zero-order valence-corrected chi connectivity index (χ0v) is 14.1. The molecular weight excluding hydrogens is 304 g/mol. The van der Waals surface area contributed by atoms with E-state index >= 15 is 0 Å². The lowest BCUT2D eigenvalue weighted by atomic mass is 9.51. The van der Waals surface area contributed by atoms with Crippen LogP contribution < -0.4 is 10.6 Å². The van der Waals surface area contributed by atoms with Crippen LogP contribution in [0.1, 0.15) is 49.8 Å². The predicted octanol–water partition coefficient (Wildman–Crippen LogP) is 2.29. The summed E-state index contributed by atoms with van der Waals surface area (Å²) < 4.78 is 5.83. The van der Waals surface area contributed by atoms with E-state index in [1.165, 1.54) is 6.42 Å². The Bertz CT molecular complexity index is 629. The predicted molar refractivity (Wildman–Crippen MR) is 90.7 cm³/mol. The van der Waals surface area contributed by atoms with Gasteiger partial charge in [0.05, 0.1) is 18.2 Å². The first kappa shape index (κ1) is 15.9. The van der Waals surface area contributed by atoms with E-state index in [9.17, 15) is 9.90 Å². The second-order valence-corrected chi connectivity index (χ2v) is 7.38. The third kappa shape index (κ3) is 2.42. The summed E-state index contributed by atoms with van der Waals surface area (Å²) in [4.78, 5) is 12.5. The molecule has 2 amide bonds. The minimum absolute atomic E-state index is 0.152. The van der Waals surface area contributed by atoms with Crippen molar-refractivity contribution in [2.45, 2.75) is 63.3 Å². The minimum atomic E-state index is -0.552. The highest BCUT2D eigenvalue weighted by Crippen LogP contribution is 2.57. The fourth-order valence-electron chi connectivity index (χ4n) is 4.73. The molecule has 0 aliphatic heterocycles. The highest BCUT2D eigenvalue weighted by Gasteiger charge is 2.59. The highest BCUT2D eigenvalue weighted by atomic mass is 16.5. The lowest BCUT2D eigenvalue weighted by molar-refractivity contribution is -0.169. The number of aliphatic hydroxyl groups excluding tert-OH is 1. The van der Waals surface area contributed by atoms with Gasteiger partial charge in [-0.15, -0.1) is 0 Å². The third-order valence-electron chi connectivity index (χ3n) is 6.23. The molecule has 0 saturated heterocycles. The standard InChI is InChI=1S/C19H26N2O3/c1-2-24-16-11-15(19(16)8-5-9-19)20-18(23)21-17-13-7-4-3-6-12(13)10-14(17)22/h3-4,6-7,14-17,22H,2,5,8-11H2,1H3,(H2,20,21,23)/t14-,15+,16+,17+/m1/s1. The summed E-state index contributed by atoms with van der Waals surface area (Å²) in [6.07, 6.45) is 4.72. The number of nitrogens with one attached hydrogen (secondary N) is 2. The maximum atomic E-state index is 12.5. The Morgan fingerprint density at radius 3 is 2.83 bits per heavy atom. The van der Waals surface area contributed by atoms with Crippen LogP contribution in [0, 0.1) is 5.41 Å². The van der Waals surface area contributed by atoms with Gasteiger partial charge in [-0.05, 0) is 37.3 Å². The molecule has 130 valence electrons. The van der Waals surface area contributed by atoms with E-state index in [0.717, 1.165) is 37.0 Å². The molecule has 0 radical (unpaired) electrons. The number of carbonyl (C=O) groups excluding carboxylic acids is 1. The minimum Gasteiger partial charge on any atom is -0.390 e. The van der Waals surface area contributed by atoms with Crippen LogP contribution in [-0.2, 0) is 11.2 Å². The summed E-state index contributed by atoms with van der Waals surface area (Å²) in [6, 6.07) is 7.61. The molecule has 0 aromatic heterocycles. The number of hydrogen-bond donors (Lipinski definition) is 3. The largest absolute Gasteiger partial charge is 0.390 e. The summed E-state index contributed by atoms with van der Waals surface area (Å²) in [5, 5.41) is 16.4. The Kier molecular flexibility index (Phi) is 4.01. The van der Waals surface area contributed by atoms with E-state index in [0.29, 0.717) is 12.5 Å². The van der Waals surface area contributed by atoms with Gasteiger partial charge in [-0.25, -0.2) is 4.79 Å². The molecule has 3 N–H and O–H groups in total. The molecule has 3 aliphatic carbocycles. The highest BCUT2D eigenvalue weighted by molar-refractivity contribution is 5.75. The fourth-order valence-corrected chi connectivity index (χ4v) is 4.73. The monoisotopic (exact) mass is 330 g/mol. The number of hydrogen-bond acceptors (Lipinski definition) is 3. The maximum Gasteiger partial charge on any atom is 0.315 e. The van der Waals surface area contributed by atoms with Crippen LogP contribution in [0.15, 0.2) is 24.3 Å². The number of aliphatic hydroxyl groups is 1. The second-order valence-electron chi connectivity index (χ2n) is 7.38. The number of fused-ring (bicyclic) bond motifs is 1. The molecule has 1 aromatic carbocycles. The molecule has 0 heterocycles. The van der Waals surface area contributed by atoms with Crippen LogP contribution in [0.4, 0.5) is 4.79 Å². The maximum absolute atomic E-state index is 12.5. The van der Waals surface area contributed by atoms with Gasteiger partial charge in [-0.2, -0.15) is 0 Å². The third-order valence-corrected chi connectivity index (χ3v) is 6.23. The Balaban J connectivity index is 1.38. The average molecular weight is 330 g/mol. The first-order valence-electron chi connectivity index (χ1n) is 9.08. The number of urea groups is 1. The van der Waals surface area contributed by atoms with Gasteiger partial charge in [0.1, 0.15) is 0 Å². The molecule has 2 saturated carbocycles. The molecular formula is C19H26N2O3. The second kappa shape index (κ2) is 6.05. The lowest BCUT2D eigenvalue weighted by Crippen LogP contribution is -2.68. The molecule has 1 aromatic rings. The van der Waals surface area contributed by atoms with Gasteiger partial charge >= 0.3 is 6.03 Å². The first-order chi connectivity index (χ1) is 11.6. The van der Waals surface area contributed by atoms with Crippen molar-refractivity contribution < 1.29 is 14.6 Å². The summed E-state index contributed by atoms with van der Waals surface area (Å²) >= 11 is 0. The smallest absolute Gasteiger partial charge is 0.315 e. The van der Waals surface area contributed by atoms with E-state index in [2.05, 4.69) is 10.6 Å². The molecule has 5 heteroatoms. The Hall–Kier alpha value is -1.59. The van der Waals surface area contributed by atoms with Gasteiger partial charge in [-0.3, -0.25) is 0 Å². The molecule has 4 atom stereocenters. The van der Waals surface area contributed by atoms with E-state index in [-0.39, 0.29) is 23.5 Å². The van der Waals surface area contributed by atoms with Crippen molar-refractivity contribution >= 4 is 6.03 Å². The summed E-state index contributed by atoms with van der Waals surface area (Å²) in [5.41, 5.74) is 2.30. The van der Waals surface area contributed by atoms with Crippen LogP contribution in [0.3, 0.4) is 0 Å². The number of carbonyl (C=O) groups is 1. The van der Waals surface area contributed by atoms with Crippen LogP contribution in [0.5, 0.6) is 0 Å². The SMILES string of the molecule is CCO[C@H]1C[C@H](NC(=O)N[C@H]2c3ccccc3C[C@H]2O)C12CCC2. The Morgan fingerprint density at radius 2 is 2.12 bits per heavy atom. The van der Waals surface area contributed by atoms with Crippen molar-refractivity contribution in [2.24, 2.45) is 5.41 Å². The van der Waals surface area contributed by atoms with E-state index in [4.69, 9.17) is 4.74 Å². The number of rotatable bonds is 4. The topological polar surface area (TPSA) is 70.6 Å². The van der Waals surface area contributed by atoms with Gasteiger partial charge in [0.15, 0.2) is 0 Å². The van der Waals surface area contributed by atoms with Crippen molar-refractivity contribution in [3.8, 4) is 0 Å². The average Bonchev–Trinajstić information content (AvgIpc) is 2.80. The van der Waals surface area contributed by atoms with Crippen molar-refractivity contribution in [1.82, 2.24) is 10.6 Å². The van der Waals surface area contributed by atoms with Crippen molar-refractivity contribution in [1.29, 1.82) is 0 Å². The zero-order valence-electron chi connectivity index (χ0n) is 14.1. The molecule has 2 fully saturated rings. The van der Waals surface area contributed by atoms with Crippen molar-refractivity contribution in [3.63, 3.8) is 0 Å². The van der Waals surface area contributed by atoms with Crippen LogP contribution in [-0.4, -0.2) is 36.0 Å². The lowest BCUT2D eigenvalue weighted by Gasteiger charge is -2.60. The number of ether oxygens (including phenoxy) is 1. The Morgan fingerprint density at radius 1 is 1.33 bits per heavy atom. The van der Waals surface area contributed by atoms with Crippen LogP contribution >= 0.6 is 0 Å². The van der Waals surface area contributed by atoms with Gasteiger partial charge in [0.2, 0.25) is 0 Å². The molecule has 0 bridgehead atoms. The fraction of sp³-hybridized carbons (Fsp3) is 0.632. The zero-order chi connectivity index (χ0) is 16.7. The summed E-state index contributed by atoms with van der Waals surface area (Å²) in [6.45, 7) is 2.76. The molecule has 5 nitrogen and oxygen atoms in total. The van der Waals surface area contributed by atoms with Gasteiger partial charge in [0, 0.05) is 24.5 Å². The number of amides is 2. The van der Waals surface area contributed by atoms with Crippen LogP contribution in [0.25, 0.3) is 0 Å². The quantitative estimate of drug-likeness (QED) is 0.793. The molecule has 24 heavy (non-hydrogen) atoms. The normalized spacial score (nSPS) is 32.6. The molecule has 0 unspecified atom stereocenters. The van der Waals surface area contributed by atoms with Gasteiger partial charge in [0.25, 0.3) is 0 Å². The van der Waals surface area contributed by atoms with Crippen molar-refractivity contribution in [3.05, 3.63) is 35.4 Å². The van der Waals surface area contributed by atoms with Gasteiger partial charge < -0.3 is 20.5 Å². The molecule has 3 aliphatic rings.